The van der Waals surface area contributed by atoms with E-state index >= 15 is 0 Å². The highest BCUT2D eigenvalue weighted by Gasteiger charge is 1.97. The molecule has 0 heterocycles. The smallest absolute Gasteiger partial charge is 0.268 e. The minimum atomic E-state index is -0.647. The fourth-order valence-electron chi connectivity index (χ4n) is 0.141. The van der Waals surface area contributed by atoms with Crippen LogP contribution in [0.4, 0.5) is 0 Å². The summed E-state index contributed by atoms with van der Waals surface area (Å²) in [4.78, 5) is 7.18. The summed E-state index contributed by atoms with van der Waals surface area (Å²) in [5, 5.41) is 45.5. The highest BCUT2D eigenvalue weighted by molar-refractivity contribution is 6.16. The van der Waals surface area contributed by atoms with E-state index in [0.717, 1.165) is 0 Å². The van der Waals surface area contributed by atoms with Crippen molar-refractivity contribution in [2.45, 2.75) is 0 Å². The molecule has 0 amide bonds. The van der Waals surface area contributed by atoms with E-state index in [0.29, 0.717) is 0 Å². The van der Waals surface area contributed by atoms with Gasteiger partial charge in [0.2, 0.25) is 0 Å². The largest absolute Gasteiger partial charge is 0.510 e. The van der Waals surface area contributed by atoms with Gasteiger partial charge in [0.05, 0.1) is 0 Å². The fourth-order valence-corrected chi connectivity index (χ4v) is 0.141. The second-order valence-corrected chi connectivity index (χ2v) is 0.984. The molecule has 14 heteroatoms. The Morgan fingerprint density at radius 2 is 1.14 bits per heavy atom. The maximum atomic E-state index is 7.65. The maximum Gasteiger partial charge on any atom is 0.510 e. The molecule has 0 aromatic heterocycles. The summed E-state index contributed by atoms with van der Waals surface area (Å²) in [6.07, 6.45) is 0. The van der Waals surface area contributed by atoms with Gasteiger partial charge in [-0.15, -0.1) is 0 Å². The van der Waals surface area contributed by atoms with Crippen LogP contribution in [0.2, 0.25) is 0 Å². The first kappa shape index (κ1) is 13.5. The van der Waals surface area contributed by atoms with Crippen LogP contribution in [0.5, 0.6) is 0 Å². The fraction of sp³-hybridized carbons (Fsp3) is 0. The highest BCUT2D eigenvalue weighted by atomic mass is 17.9. The standard InChI is InChI=1S/BH3O13/c2-4-1-5-7-9-11-13-14-12-10-8-6-3/h1-3H. The summed E-state index contributed by atoms with van der Waals surface area (Å²) >= 11 is 0. The van der Waals surface area contributed by atoms with Gasteiger partial charge in [-0.3, -0.25) is 10.1 Å². The minimum Gasteiger partial charge on any atom is -0.268 e. The van der Waals surface area contributed by atoms with Crippen LogP contribution in [-0.2, 0) is 55.0 Å². The van der Waals surface area contributed by atoms with Crippen molar-refractivity contribution in [3.63, 3.8) is 0 Å². The van der Waals surface area contributed by atoms with Gasteiger partial charge < -0.3 is 0 Å². The molecule has 84 valence electrons. The van der Waals surface area contributed by atoms with E-state index in [1.165, 1.54) is 0 Å². The van der Waals surface area contributed by atoms with Crippen molar-refractivity contribution in [2.75, 3.05) is 0 Å². The molecule has 0 aromatic carbocycles. The van der Waals surface area contributed by atoms with Gasteiger partial charge in [0, 0.05) is 0 Å². The first-order valence-electron chi connectivity index (χ1n) is 2.44. The van der Waals surface area contributed by atoms with Crippen molar-refractivity contribution in [2.24, 2.45) is 0 Å². The third-order valence-corrected chi connectivity index (χ3v) is 0.374. The molecule has 0 radical (unpaired) electrons. The number of hydrogen-bond acceptors (Lipinski definition) is 13. The Balaban J connectivity index is 2.78. The SMILES string of the molecule is OOBOOOOOOOOOOO. The van der Waals surface area contributed by atoms with Crippen LogP contribution < -0.4 is 0 Å². The normalized spacial score (nSPS) is 10.4. The van der Waals surface area contributed by atoms with Crippen LogP contribution in [-0.4, -0.2) is 18.2 Å². The topological polar surface area (TPSA) is 142 Å². The summed E-state index contributed by atoms with van der Waals surface area (Å²) in [5.41, 5.74) is 0. The summed E-state index contributed by atoms with van der Waals surface area (Å²) in [6, 6.07) is 0. The summed E-state index contributed by atoms with van der Waals surface area (Å²) in [5.74, 6) is 0. The molecule has 0 aromatic rings. The van der Waals surface area contributed by atoms with Gasteiger partial charge in [-0.05, 0) is 45.3 Å². The van der Waals surface area contributed by atoms with Crippen molar-refractivity contribution in [1.82, 2.24) is 0 Å². The third kappa shape index (κ3) is 11.5. The Hall–Kier alpha value is -0.455. The van der Waals surface area contributed by atoms with Gasteiger partial charge in [-0.2, -0.15) is 0 Å². The lowest BCUT2D eigenvalue weighted by Gasteiger charge is -1.97. The second kappa shape index (κ2) is 12.5. The molecule has 0 atom stereocenters. The Morgan fingerprint density at radius 3 is 1.64 bits per heavy atom. The Kier molecular flexibility index (Phi) is 12.1. The number of rotatable bonds is 11. The Labute approximate surface area is 74.5 Å². The molecule has 0 unspecified atom stereocenters. The van der Waals surface area contributed by atoms with E-state index < -0.39 is 7.69 Å². The van der Waals surface area contributed by atoms with Gasteiger partial charge in [0.15, 0.2) is 0 Å². The highest BCUT2D eigenvalue weighted by Crippen LogP contribution is 1.89. The molecule has 0 aliphatic heterocycles. The van der Waals surface area contributed by atoms with Crippen molar-refractivity contribution in [3.05, 3.63) is 0 Å². The molecule has 0 rings (SSSR count). The minimum absolute atomic E-state index is 0.647. The molecule has 0 aliphatic rings. The molecule has 0 spiro atoms. The Bertz CT molecular complexity index is 79.2. The Morgan fingerprint density at radius 1 is 0.643 bits per heavy atom. The molecule has 0 saturated carbocycles. The van der Waals surface area contributed by atoms with Crippen molar-refractivity contribution in [1.29, 1.82) is 0 Å². The zero-order valence-corrected chi connectivity index (χ0v) is 6.09. The molecule has 0 bridgehead atoms. The number of hydrogen-bond donors (Lipinski definition) is 2. The molecule has 2 N–H and O–H groups in total. The van der Waals surface area contributed by atoms with Crippen molar-refractivity contribution in [3.8, 4) is 0 Å². The first-order chi connectivity index (χ1) is 6.91. The molecule has 0 fully saturated rings. The van der Waals surface area contributed by atoms with Gasteiger partial charge in [0.1, 0.15) is 0 Å². The molecule has 0 aliphatic carbocycles. The van der Waals surface area contributed by atoms with E-state index in [2.05, 4.69) is 55.0 Å². The summed E-state index contributed by atoms with van der Waals surface area (Å²) in [6.45, 7) is 0. The molecular weight excluding hydrogens is 219 g/mol. The van der Waals surface area contributed by atoms with Crippen LogP contribution in [0.25, 0.3) is 0 Å². The van der Waals surface area contributed by atoms with E-state index in [9.17, 15) is 0 Å². The second-order valence-electron chi connectivity index (χ2n) is 0.984. The lowest BCUT2D eigenvalue weighted by molar-refractivity contribution is -0.852. The average molecular weight is 222 g/mol. The van der Waals surface area contributed by atoms with Gasteiger partial charge in [-0.1, -0.05) is 0 Å². The molecule has 0 saturated heterocycles. The van der Waals surface area contributed by atoms with E-state index in [-0.39, 0.29) is 0 Å². The predicted octanol–water partition coefficient (Wildman–Crippen LogP) is -1.38. The molecule has 14 heavy (non-hydrogen) atoms. The van der Waals surface area contributed by atoms with Crippen molar-refractivity contribution >= 4 is 7.69 Å². The van der Waals surface area contributed by atoms with Crippen LogP contribution in [0.1, 0.15) is 0 Å². The monoisotopic (exact) mass is 222 g/mol. The lowest BCUT2D eigenvalue weighted by Crippen LogP contribution is -2.05. The summed E-state index contributed by atoms with van der Waals surface area (Å²) in [7, 11) is -0.647. The molecular formula is H3BO13. The van der Waals surface area contributed by atoms with Gasteiger partial charge in [0.25, 0.3) is 0 Å². The third-order valence-electron chi connectivity index (χ3n) is 0.374. The average Bonchev–Trinajstić information content (AvgIpc) is 2.21. The zero-order chi connectivity index (χ0) is 10.5. The predicted molar refractivity (Wildman–Crippen MR) is 24.3 cm³/mol. The zero-order valence-electron chi connectivity index (χ0n) is 6.09. The van der Waals surface area contributed by atoms with Crippen molar-refractivity contribution < 1.29 is 65.5 Å². The van der Waals surface area contributed by atoms with Crippen LogP contribution in [0.3, 0.4) is 0 Å². The summed E-state index contributed by atoms with van der Waals surface area (Å²) < 4.78 is 0. The van der Waals surface area contributed by atoms with Gasteiger partial charge in [-0.25, -0.2) is 10.1 Å². The molecule has 13 nitrogen and oxygen atoms in total. The van der Waals surface area contributed by atoms with E-state index in [1.807, 2.05) is 0 Å². The van der Waals surface area contributed by atoms with Crippen LogP contribution >= 0.6 is 0 Å². The van der Waals surface area contributed by atoms with E-state index in [4.69, 9.17) is 10.5 Å². The van der Waals surface area contributed by atoms with Crippen LogP contribution in [0.15, 0.2) is 0 Å². The quantitative estimate of drug-likeness (QED) is 0.183. The van der Waals surface area contributed by atoms with E-state index in [1.54, 1.807) is 0 Å². The van der Waals surface area contributed by atoms with Gasteiger partial charge >= 0.3 is 7.69 Å². The first-order valence-corrected chi connectivity index (χ1v) is 2.44. The maximum absolute atomic E-state index is 7.65. The lowest BCUT2D eigenvalue weighted by atomic mass is 10.4. The van der Waals surface area contributed by atoms with Crippen LogP contribution in [0, 0.1) is 0 Å².